The Balaban J connectivity index is 2.16. The fourth-order valence-electron chi connectivity index (χ4n) is 1.38. The van der Waals surface area contributed by atoms with E-state index >= 15 is 0 Å². The molecule has 5 nitrogen and oxygen atoms in total. The summed E-state index contributed by atoms with van der Waals surface area (Å²) in [6.45, 7) is 7.23. The van der Waals surface area contributed by atoms with Crippen molar-refractivity contribution in [1.82, 2.24) is 10.6 Å². The van der Waals surface area contributed by atoms with Crippen LogP contribution in [0.2, 0.25) is 0 Å². The molecule has 2 N–H and O–H groups in total. The van der Waals surface area contributed by atoms with Gasteiger partial charge in [-0.05, 0) is 26.3 Å². The van der Waals surface area contributed by atoms with Crippen LogP contribution in [-0.4, -0.2) is 24.1 Å². The summed E-state index contributed by atoms with van der Waals surface area (Å²) >= 11 is 0. The van der Waals surface area contributed by atoms with Gasteiger partial charge in [0.1, 0.15) is 5.60 Å². The SMILES string of the molecule is CC(C)(C)OC(=O)NCCC(=O)N[CH]c1ccccc1. The first kappa shape index (κ1) is 16.0. The zero-order chi connectivity index (χ0) is 15.0. The Bertz CT molecular complexity index is 438. The van der Waals surface area contributed by atoms with Gasteiger partial charge in [0.2, 0.25) is 5.91 Å². The zero-order valence-electron chi connectivity index (χ0n) is 12.1. The van der Waals surface area contributed by atoms with Crippen LogP contribution in [0, 0.1) is 6.54 Å². The Kier molecular flexibility index (Phi) is 6.03. The third-order valence-corrected chi connectivity index (χ3v) is 2.22. The van der Waals surface area contributed by atoms with Crippen molar-refractivity contribution in [1.29, 1.82) is 0 Å². The average molecular weight is 277 g/mol. The van der Waals surface area contributed by atoms with E-state index in [1.807, 2.05) is 30.3 Å². The zero-order valence-corrected chi connectivity index (χ0v) is 12.1. The Labute approximate surface area is 119 Å². The second kappa shape index (κ2) is 7.53. The van der Waals surface area contributed by atoms with Gasteiger partial charge in [-0.15, -0.1) is 0 Å². The van der Waals surface area contributed by atoms with Crippen molar-refractivity contribution < 1.29 is 14.3 Å². The molecule has 0 saturated heterocycles. The summed E-state index contributed by atoms with van der Waals surface area (Å²) in [7, 11) is 0. The maximum atomic E-state index is 11.5. The lowest BCUT2D eigenvalue weighted by Crippen LogP contribution is -2.34. The van der Waals surface area contributed by atoms with E-state index < -0.39 is 11.7 Å². The van der Waals surface area contributed by atoms with Crippen molar-refractivity contribution in [2.45, 2.75) is 32.8 Å². The number of alkyl carbamates (subject to hydrolysis) is 1. The van der Waals surface area contributed by atoms with Crippen molar-refractivity contribution in [2.24, 2.45) is 0 Å². The van der Waals surface area contributed by atoms with Gasteiger partial charge < -0.3 is 15.4 Å². The monoisotopic (exact) mass is 277 g/mol. The van der Waals surface area contributed by atoms with Gasteiger partial charge in [-0.1, -0.05) is 30.3 Å². The molecular formula is C15H21N2O3. The smallest absolute Gasteiger partial charge is 0.407 e. The predicted octanol–water partition coefficient (Wildman–Crippen LogP) is 2.23. The van der Waals surface area contributed by atoms with Crippen LogP contribution in [0.15, 0.2) is 30.3 Å². The van der Waals surface area contributed by atoms with Gasteiger partial charge in [0.25, 0.3) is 0 Å². The highest BCUT2D eigenvalue weighted by atomic mass is 16.6. The Hall–Kier alpha value is -2.04. The lowest BCUT2D eigenvalue weighted by atomic mass is 10.2. The fraction of sp³-hybridized carbons (Fsp3) is 0.400. The number of hydrogen-bond donors (Lipinski definition) is 2. The van der Waals surface area contributed by atoms with E-state index in [-0.39, 0.29) is 18.9 Å². The van der Waals surface area contributed by atoms with E-state index in [0.29, 0.717) is 0 Å². The van der Waals surface area contributed by atoms with Gasteiger partial charge in [0.15, 0.2) is 0 Å². The molecule has 2 amide bonds. The predicted molar refractivity (Wildman–Crippen MR) is 76.8 cm³/mol. The van der Waals surface area contributed by atoms with E-state index in [0.717, 1.165) is 5.56 Å². The lowest BCUT2D eigenvalue weighted by molar-refractivity contribution is -0.120. The normalized spacial score (nSPS) is 10.8. The van der Waals surface area contributed by atoms with Crippen LogP contribution in [0.3, 0.4) is 0 Å². The van der Waals surface area contributed by atoms with Crippen LogP contribution in [0.4, 0.5) is 4.79 Å². The van der Waals surface area contributed by atoms with Crippen LogP contribution in [0.1, 0.15) is 32.8 Å². The van der Waals surface area contributed by atoms with Gasteiger partial charge in [-0.25, -0.2) is 4.79 Å². The number of ether oxygens (including phenoxy) is 1. The molecule has 20 heavy (non-hydrogen) atoms. The van der Waals surface area contributed by atoms with Gasteiger partial charge in [-0.3, -0.25) is 4.79 Å². The second-order valence-corrected chi connectivity index (χ2v) is 5.30. The van der Waals surface area contributed by atoms with Crippen LogP contribution < -0.4 is 10.6 Å². The Morgan fingerprint density at radius 2 is 1.85 bits per heavy atom. The first-order valence-electron chi connectivity index (χ1n) is 6.51. The van der Waals surface area contributed by atoms with E-state index in [2.05, 4.69) is 10.6 Å². The summed E-state index contributed by atoms with van der Waals surface area (Å²) in [5.74, 6) is -0.162. The molecule has 5 heteroatoms. The third kappa shape index (κ3) is 7.41. The van der Waals surface area contributed by atoms with Gasteiger partial charge in [0, 0.05) is 13.0 Å². The van der Waals surface area contributed by atoms with Crippen molar-refractivity contribution in [3.05, 3.63) is 42.4 Å². The molecule has 0 unspecified atom stereocenters. The summed E-state index contributed by atoms with van der Waals surface area (Å²) in [4.78, 5) is 22.9. The summed E-state index contributed by atoms with van der Waals surface area (Å²) in [6, 6.07) is 9.46. The molecule has 0 aliphatic rings. The molecule has 0 spiro atoms. The number of hydrogen-bond acceptors (Lipinski definition) is 3. The van der Waals surface area contributed by atoms with Crippen molar-refractivity contribution in [3.8, 4) is 0 Å². The summed E-state index contributed by atoms with van der Waals surface area (Å²) in [6.07, 6.45) is -0.319. The first-order valence-corrected chi connectivity index (χ1v) is 6.51. The molecule has 0 heterocycles. The highest BCUT2D eigenvalue weighted by Gasteiger charge is 2.15. The summed E-state index contributed by atoms with van der Waals surface area (Å²) in [5, 5.41) is 5.20. The molecule has 0 atom stereocenters. The standard InChI is InChI=1S/C15H21N2O3/c1-15(2,3)20-14(19)16-10-9-13(18)17-11-12-7-5-4-6-8-12/h4-8,11H,9-10H2,1-3H3,(H,16,19)(H,17,18). The fourth-order valence-corrected chi connectivity index (χ4v) is 1.38. The molecule has 0 aliphatic carbocycles. The van der Waals surface area contributed by atoms with Crippen molar-refractivity contribution >= 4 is 12.0 Å². The highest BCUT2D eigenvalue weighted by molar-refractivity contribution is 5.78. The highest BCUT2D eigenvalue weighted by Crippen LogP contribution is 2.06. The molecule has 1 radical (unpaired) electrons. The molecule has 109 valence electrons. The topological polar surface area (TPSA) is 67.4 Å². The quantitative estimate of drug-likeness (QED) is 0.867. The average Bonchev–Trinajstić information content (AvgIpc) is 2.35. The number of amides is 2. The van der Waals surface area contributed by atoms with Gasteiger partial charge in [0.05, 0.1) is 6.54 Å². The minimum atomic E-state index is -0.534. The Morgan fingerprint density at radius 3 is 2.45 bits per heavy atom. The molecule has 1 rings (SSSR count). The molecule has 0 aromatic heterocycles. The lowest BCUT2D eigenvalue weighted by Gasteiger charge is -2.19. The molecule has 0 bridgehead atoms. The van der Waals surface area contributed by atoms with Crippen LogP contribution in [0.5, 0.6) is 0 Å². The van der Waals surface area contributed by atoms with Crippen molar-refractivity contribution in [3.63, 3.8) is 0 Å². The van der Waals surface area contributed by atoms with Crippen molar-refractivity contribution in [2.75, 3.05) is 6.54 Å². The van der Waals surface area contributed by atoms with Gasteiger partial charge in [-0.2, -0.15) is 0 Å². The molecular weight excluding hydrogens is 256 g/mol. The third-order valence-electron chi connectivity index (χ3n) is 2.22. The second-order valence-electron chi connectivity index (χ2n) is 5.30. The molecule has 0 saturated carbocycles. The van der Waals surface area contributed by atoms with E-state index in [1.54, 1.807) is 27.3 Å². The van der Waals surface area contributed by atoms with Crippen LogP contribution >= 0.6 is 0 Å². The number of carbonyl (C=O) groups excluding carboxylic acids is 2. The minimum absolute atomic E-state index is 0.162. The molecule has 0 fully saturated rings. The maximum Gasteiger partial charge on any atom is 0.407 e. The van der Waals surface area contributed by atoms with E-state index in [4.69, 9.17) is 4.74 Å². The Morgan fingerprint density at radius 1 is 1.20 bits per heavy atom. The summed E-state index contributed by atoms with van der Waals surface area (Å²) in [5.41, 5.74) is 0.383. The maximum absolute atomic E-state index is 11.5. The number of benzene rings is 1. The summed E-state index contributed by atoms with van der Waals surface area (Å²) < 4.78 is 5.06. The number of rotatable bonds is 5. The first-order chi connectivity index (χ1) is 9.37. The van der Waals surface area contributed by atoms with Crippen LogP contribution in [-0.2, 0) is 9.53 Å². The van der Waals surface area contributed by atoms with E-state index in [9.17, 15) is 9.59 Å². The molecule has 1 aromatic carbocycles. The number of carbonyl (C=O) groups is 2. The van der Waals surface area contributed by atoms with E-state index in [1.165, 1.54) is 0 Å². The minimum Gasteiger partial charge on any atom is -0.444 e. The van der Waals surface area contributed by atoms with Gasteiger partial charge >= 0.3 is 6.09 Å². The largest absolute Gasteiger partial charge is 0.444 e. The number of nitrogens with one attached hydrogen (secondary N) is 2. The van der Waals surface area contributed by atoms with Crippen LogP contribution in [0.25, 0.3) is 0 Å². The molecule has 1 aromatic rings. The molecule has 0 aliphatic heterocycles.